The average molecular weight is 211 g/mol. The molecule has 1 spiro atoms. The van der Waals surface area contributed by atoms with E-state index in [4.69, 9.17) is 4.74 Å². The number of amides is 1. The molecule has 15 heavy (non-hydrogen) atoms. The predicted molar refractivity (Wildman–Crippen MR) is 58.5 cm³/mol. The lowest BCUT2D eigenvalue weighted by molar-refractivity contribution is -0.129. The molecule has 2 rings (SSSR count). The molecule has 0 bridgehead atoms. The molecule has 1 amide bonds. The zero-order valence-corrected chi connectivity index (χ0v) is 9.71. The third kappa shape index (κ3) is 2.03. The van der Waals surface area contributed by atoms with Gasteiger partial charge in [-0.25, -0.2) is 0 Å². The van der Waals surface area contributed by atoms with Gasteiger partial charge in [-0.2, -0.15) is 0 Å². The normalized spacial score (nSPS) is 28.9. The number of nitrogens with one attached hydrogen (secondary N) is 1. The van der Waals surface area contributed by atoms with Gasteiger partial charge in [0, 0.05) is 25.2 Å². The first kappa shape index (κ1) is 10.9. The highest BCUT2D eigenvalue weighted by Gasteiger charge is 2.47. The van der Waals surface area contributed by atoms with Crippen molar-refractivity contribution in [1.29, 1.82) is 0 Å². The van der Waals surface area contributed by atoms with Crippen LogP contribution in [0, 0.1) is 11.3 Å². The fraction of sp³-hybridized carbons (Fsp3) is 0.917. The number of hydrogen-bond donors (Lipinski definition) is 1. The second-order valence-corrected chi connectivity index (χ2v) is 5.23. The Hall–Kier alpha value is -0.570. The summed E-state index contributed by atoms with van der Waals surface area (Å²) in [6.45, 7) is 5.64. The van der Waals surface area contributed by atoms with Crippen molar-refractivity contribution < 1.29 is 9.53 Å². The minimum absolute atomic E-state index is 0.0995. The van der Waals surface area contributed by atoms with E-state index in [-0.39, 0.29) is 11.8 Å². The number of rotatable bonds is 2. The number of carbonyl (C=O) groups is 1. The van der Waals surface area contributed by atoms with Crippen LogP contribution in [0.15, 0.2) is 0 Å². The summed E-state index contributed by atoms with van der Waals surface area (Å²) in [5.74, 6) is 0.299. The van der Waals surface area contributed by atoms with Crippen LogP contribution in [-0.4, -0.2) is 25.2 Å². The van der Waals surface area contributed by atoms with E-state index in [1.54, 1.807) is 0 Å². The molecule has 1 unspecified atom stereocenters. The fourth-order valence-corrected chi connectivity index (χ4v) is 2.64. The van der Waals surface area contributed by atoms with Gasteiger partial charge in [0.25, 0.3) is 0 Å². The Morgan fingerprint density at radius 1 is 1.33 bits per heavy atom. The van der Waals surface area contributed by atoms with E-state index >= 15 is 0 Å². The Labute approximate surface area is 91.6 Å². The highest BCUT2D eigenvalue weighted by Crippen LogP contribution is 2.48. The van der Waals surface area contributed by atoms with Crippen molar-refractivity contribution in [1.82, 2.24) is 5.32 Å². The topological polar surface area (TPSA) is 38.3 Å². The maximum Gasteiger partial charge on any atom is 0.222 e. The second-order valence-electron chi connectivity index (χ2n) is 5.23. The van der Waals surface area contributed by atoms with E-state index in [9.17, 15) is 4.79 Å². The third-order valence-corrected chi connectivity index (χ3v) is 4.00. The molecule has 2 aliphatic rings. The summed E-state index contributed by atoms with van der Waals surface area (Å²) in [6, 6.07) is 0.413. The molecule has 1 heterocycles. The van der Waals surface area contributed by atoms with Gasteiger partial charge in [-0.3, -0.25) is 4.79 Å². The van der Waals surface area contributed by atoms with Gasteiger partial charge in [0.2, 0.25) is 5.91 Å². The van der Waals surface area contributed by atoms with Gasteiger partial charge in [0.05, 0.1) is 0 Å². The molecular weight excluding hydrogens is 190 g/mol. The molecule has 2 fully saturated rings. The van der Waals surface area contributed by atoms with Gasteiger partial charge in [-0.1, -0.05) is 13.8 Å². The standard InChI is InChI=1S/C12H21NO2/c1-9(2)11(14)13-10-3-4-12(10)5-7-15-8-6-12/h9-10H,3-8H2,1-2H3,(H,13,14). The quantitative estimate of drug-likeness (QED) is 0.755. The van der Waals surface area contributed by atoms with Gasteiger partial charge in [-0.05, 0) is 31.1 Å². The Bertz CT molecular complexity index is 244. The maximum atomic E-state index is 11.6. The van der Waals surface area contributed by atoms with Crippen LogP contribution in [0.5, 0.6) is 0 Å². The van der Waals surface area contributed by atoms with Crippen molar-refractivity contribution in [3.05, 3.63) is 0 Å². The molecule has 1 aliphatic heterocycles. The van der Waals surface area contributed by atoms with E-state index in [2.05, 4.69) is 5.32 Å². The molecule has 0 aromatic carbocycles. The highest BCUT2D eigenvalue weighted by molar-refractivity contribution is 5.78. The van der Waals surface area contributed by atoms with Crippen molar-refractivity contribution in [3.63, 3.8) is 0 Å². The van der Waals surface area contributed by atoms with Crippen LogP contribution < -0.4 is 5.32 Å². The summed E-state index contributed by atoms with van der Waals surface area (Å²) in [4.78, 5) is 11.6. The van der Waals surface area contributed by atoms with E-state index in [0.29, 0.717) is 11.5 Å². The molecule has 3 nitrogen and oxygen atoms in total. The summed E-state index contributed by atoms with van der Waals surface area (Å²) >= 11 is 0. The van der Waals surface area contributed by atoms with Crippen LogP contribution >= 0.6 is 0 Å². The zero-order valence-electron chi connectivity index (χ0n) is 9.71. The Morgan fingerprint density at radius 3 is 2.47 bits per heavy atom. The molecule has 1 atom stereocenters. The Balaban J connectivity index is 1.90. The largest absolute Gasteiger partial charge is 0.381 e. The Kier molecular flexibility index (Phi) is 3.01. The molecule has 0 aromatic rings. The van der Waals surface area contributed by atoms with Crippen LogP contribution in [0.4, 0.5) is 0 Å². The monoisotopic (exact) mass is 211 g/mol. The maximum absolute atomic E-state index is 11.6. The predicted octanol–water partition coefficient (Wildman–Crippen LogP) is 1.72. The van der Waals surface area contributed by atoms with Gasteiger partial charge < -0.3 is 10.1 Å². The van der Waals surface area contributed by atoms with Gasteiger partial charge >= 0.3 is 0 Å². The molecule has 0 aromatic heterocycles. The minimum Gasteiger partial charge on any atom is -0.381 e. The lowest BCUT2D eigenvalue weighted by atomic mass is 9.60. The molecule has 1 saturated heterocycles. The van der Waals surface area contributed by atoms with Gasteiger partial charge in [-0.15, -0.1) is 0 Å². The lowest BCUT2D eigenvalue weighted by Gasteiger charge is -2.52. The van der Waals surface area contributed by atoms with E-state index < -0.39 is 0 Å². The van der Waals surface area contributed by atoms with Crippen LogP contribution in [0.2, 0.25) is 0 Å². The SMILES string of the molecule is CC(C)C(=O)NC1CCC12CCOCC2. The van der Waals surface area contributed by atoms with Crippen molar-refractivity contribution in [2.75, 3.05) is 13.2 Å². The lowest BCUT2D eigenvalue weighted by Crippen LogP contribution is -2.57. The van der Waals surface area contributed by atoms with Crippen molar-refractivity contribution in [2.24, 2.45) is 11.3 Å². The first-order valence-corrected chi connectivity index (χ1v) is 6.02. The van der Waals surface area contributed by atoms with E-state index in [0.717, 1.165) is 32.5 Å². The summed E-state index contributed by atoms with van der Waals surface area (Å²) < 4.78 is 5.39. The minimum atomic E-state index is 0.0995. The Morgan fingerprint density at radius 2 is 2.00 bits per heavy atom. The van der Waals surface area contributed by atoms with Crippen molar-refractivity contribution in [3.8, 4) is 0 Å². The smallest absolute Gasteiger partial charge is 0.222 e. The first-order valence-electron chi connectivity index (χ1n) is 6.02. The zero-order chi connectivity index (χ0) is 10.9. The van der Waals surface area contributed by atoms with Gasteiger partial charge in [0.1, 0.15) is 0 Å². The molecule has 1 aliphatic carbocycles. The van der Waals surface area contributed by atoms with Crippen LogP contribution in [0.1, 0.15) is 39.5 Å². The summed E-state index contributed by atoms with van der Waals surface area (Å²) in [7, 11) is 0. The van der Waals surface area contributed by atoms with Crippen LogP contribution in [0.3, 0.4) is 0 Å². The molecular formula is C12H21NO2. The summed E-state index contributed by atoms with van der Waals surface area (Å²) in [5.41, 5.74) is 0.378. The molecule has 3 heteroatoms. The molecule has 0 radical (unpaired) electrons. The van der Waals surface area contributed by atoms with Crippen LogP contribution in [-0.2, 0) is 9.53 Å². The van der Waals surface area contributed by atoms with Crippen molar-refractivity contribution >= 4 is 5.91 Å². The van der Waals surface area contributed by atoms with Crippen LogP contribution in [0.25, 0.3) is 0 Å². The number of carbonyl (C=O) groups excluding carboxylic acids is 1. The van der Waals surface area contributed by atoms with Crippen molar-refractivity contribution in [2.45, 2.75) is 45.6 Å². The fourth-order valence-electron chi connectivity index (χ4n) is 2.64. The first-order chi connectivity index (χ1) is 7.14. The molecule has 86 valence electrons. The summed E-state index contributed by atoms with van der Waals surface area (Å²) in [5, 5.41) is 3.18. The molecule has 1 N–H and O–H groups in total. The summed E-state index contributed by atoms with van der Waals surface area (Å²) in [6.07, 6.45) is 4.66. The number of hydrogen-bond acceptors (Lipinski definition) is 2. The third-order valence-electron chi connectivity index (χ3n) is 4.00. The average Bonchev–Trinajstić information content (AvgIpc) is 2.25. The van der Waals surface area contributed by atoms with E-state index in [1.165, 1.54) is 6.42 Å². The van der Waals surface area contributed by atoms with Gasteiger partial charge in [0.15, 0.2) is 0 Å². The molecule has 1 saturated carbocycles. The highest BCUT2D eigenvalue weighted by atomic mass is 16.5. The van der Waals surface area contributed by atoms with E-state index in [1.807, 2.05) is 13.8 Å². The second kappa shape index (κ2) is 4.12. The number of ether oxygens (including phenoxy) is 1.